The predicted octanol–water partition coefficient (Wildman–Crippen LogP) is 4.00. The van der Waals surface area contributed by atoms with Gasteiger partial charge in [0, 0.05) is 26.0 Å². The zero-order chi connectivity index (χ0) is 17.6. The van der Waals surface area contributed by atoms with Crippen molar-refractivity contribution >= 4 is 11.8 Å². The molecule has 1 aromatic carbocycles. The maximum atomic E-state index is 9.48. The molecular weight excluding hydrogens is 320 g/mol. The molecule has 1 heterocycles. The van der Waals surface area contributed by atoms with E-state index in [9.17, 15) is 5.11 Å². The fourth-order valence-corrected chi connectivity index (χ4v) is 3.47. The fraction of sp³-hybridized carbons (Fsp3) is 0.526. The second-order valence-electron chi connectivity index (χ2n) is 6.92. The molecule has 1 aromatic heterocycles. The van der Waals surface area contributed by atoms with Gasteiger partial charge in [0.2, 0.25) is 0 Å². The smallest absolute Gasteiger partial charge is 0.168 e. The van der Waals surface area contributed by atoms with Crippen LogP contribution in [-0.4, -0.2) is 28.4 Å². The van der Waals surface area contributed by atoms with Crippen LogP contribution >= 0.6 is 11.8 Å². The maximum Gasteiger partial charge on any atom is 0.168 e. The number of ether oxygens (including phenoxy) is 1. The van der Waals surface area contributed by atoms with Crippen molar-refractivity contribution in [3.8, 4) is 0 Å². The molecule has 0 unspecified atom stereocenters. The molecule has 0 saturated heterocycles. The number of nitrogens with zero attached hydrogens (tertiary/aromatic N) is 2. The van der Waals surface area contributed by atoms with Crippen LogP contribution in [0.4, 0.5) is 0 Å². The van der Waals surface area contributed by atoms with Crippen molar-refractivity contribution in [3.63, 3.8) is 0 Å². The van der Waals surface area contributed by atoms with E-state index in [1.54, 1.807) is 25.1 Å². The van der Waals surface area contributed by atoms with E-state index in [1.807, 2.05) is 0 Å². The van der Waals surface area contributed by atoms with E-state index >= 15 is 0 Å². The second kappa shape index (κ2) is 8.70. The van der Waals surface area contributed by atoms with Crippen molar-refractivity contribution in [3.05, 3.63) is 47.3 Å². The molecule has 4 nitrogen and oxygen atoms in total. The van der Waals surface area contributed by atoms with Gasteiger partial charge in [-0.1, -0.05) is 56.8 Å². The molecule has 0 spiro atoms. The number of rotatable bonds is 8. The van der Waals surface area contributed by atoms with Crippen molar-refractivity contribution in [1.82, 2.24) is 9.55 Å². The first-order chi connectivity index (χ1) is 11.5. The van der Waals surface area contributed by atoms with E-state index < -0.39 is 0 Å². The lowest BCUT2D eigenvalue weighted by Crippen LogP contribution is -2.10. The number of aliphatic hydroxyl groups is 1. The standard InChI is InChI=1S/C19H28N2O2S/c1-19(2,3)16-8-6-15(7-9-16)14-24-18-20-12-17(13-22)21(18)10-5-11-23-4/h6-9,12,22H,5,10-11,13-14H2,1-4H3. The Labute approximate surface area is 149 Å². The highest BCUT2D eigenvalue weighted by atomic mass is 32.2. The second-order valence-corrected chi connectivity index (χ2v) is 7.87. The van der Waals surface area contributed by atoms with Crippen LogP contribution in [0.3, 0.4) is 0 Å². The molecule has 5 heteroatoms. The van der Waals surface area contributed by atoms with Gasteiger partial charge in [-0.2, -0.15) is 0 Å². The maximum absolute atomic E-state index is 9.48. The summed E-state index contributed by atoms with van der Waals surface area (Å²) in [5.74, 6) is 0.872. The molecule has 0 aliphatic heterocycles. The quantitative estimate of drug-likeness (QED) is 0.578. The monoisotopic (exact) mass is 348 g/mol. The van der Waals surface area contributed by atoms with Gasteiger partial charge in [0.05, 0.1) is 18.5 Å². The van der Waals surface area contributed by atoms with E-state index in [2.05, 4.69) is 54.6 Å². The average Bonchev–Trinajstić information content (AvgIpc) is 2.95. The minimum Gasteiger partial charge on any atom is -0.390 e. The molecule has 0 fully saturated rings. The van der Waals surface area contributed by atoms with Gasteiger partial charge in [0.1, 0.15) is 0 Å². The van der Waals surface area contributed by atoms with Gasteiger partial charge in [-0.25, -0.2) is 4.98 Å². The highest BCUT2D eigenvalue weighted by molar-refractivity contribution is 7.98. The predicted molar refractivity (Wildman–Crippen MR) is 99.3 cm³/mol. The Bertz CT molecular complexity index is 630. The molecule has 132 valence electrons. The minimum atomic E-state index is 0.0147. The van der Waals surface area contributed by atoms with Gasteiger partial charge in [-0.05, 0) is 23.0 Å². The van der Waals surface area contributed by atoms with Gasteiger partial charge in [-0.15, -0.1) is 0 Å². The Kier molecular flexibility index (Phi) is 6.90. The van der Waals surface area contributed by atoms with Gasteiger partial charge in [0.25, 0.3) is 0 Å². The van der Waals surface area contributed by atoms with Gasteiger partial charge < -0.3 is 14.4 Å². The number of hydrogen-bond acceptors (Lipinski definition) is 4. The van der Waals surface area contributed by atoms with Gasteiger partial charge in [-0.3, -0.25) is 0 Å². The fourth-order valence-electron chi connectivity index (χ4n) is 2.49. The van der Waals surface area contributed by atoms with Crippen LogP contribution < -0.4 is 0 Å². The van der Waals surface area contributed by atoms with Gasteiger partial charge in [0.15, 0.2) is 5.16 Å². The summed E-state index contributed by atoms with van der Waals surface area (Å²) in [6.07, 6.45) is 2.67. The van der Waals surface area contributed by atoms with Crippen LogP contribution in [0.25, 0.3) is 0 Å². The summed E-state index contributed by atoms with van der Waals surface area (Å²) < 4.78 is 7.21. The number of aromatic nitrogens is 2. The lowest BCUT2D eigenvalue weighted by molar-refractivity contribution is 0.187. The van der Waals surface area contributed by atoms with Crippen LogP contribution in [0.2, 0.25) is 0 Å². The summed E-state index contributed by atoms with van der Waals surface area (Å²) in [6.45, 7) is 8.22. The molecule has 0 aliphatic rings. The Morgan fingerprint density at radius 2 is 1.92 bits per heavy atom. The van der Waals surface area contributed by atoms with Crippen molar-refractivity contribution < 1.29 is 9.84 Å². The summed E-state index contributed by atoms with van der Waals surface area (Å²) in [4.78, 5) is 4.46. The molecule has 24 heavy (non-hydrogen) atoms. The number of aliphatic hydroxyl groups excluding tert-OH is 1. The zero-order valence-electron chi connectivity index (χ0n) is 15.1. The molecular formula is C19H28N2O2S. The average molecular weight is 349 g/mol. The molecule has 0 aliphatic carbocycles. The minimum absolute atomic E-state index is 0.0147. The van der Waals surface area contributed by atoms with Crippen LogP contribution in [0.1, 0.15) is 44.0 Å². The van der Waals surface area contributed by atoms with Crippen molar-refractivity contribution in [2.24, 2.45) is 0 Å². The number of imidazole rings is 1. The number of methoxy groups -OCH3 is 1. The summed E-state index contributed by atoms with van der Waals surface area (Å²) in [7, 11) is 1.71. The highest BCUT2D eigenvalue weighted by Crippen LogP contribution is 2.26. The van der Waals surface area contributed by atoms with Gasteiger partial charge >= 0.3 is 0 Å². The summed E-state index contributed by atoms with van der Waals surface area (Å²) in [5.41, 5.74) is 3.67. The zero-order valence-corrected chi connectivity index (χ0v) is 15.9. The lowest BCUT2D eigenvalue weighted by Gasteiger charge is -2.19. The number of benzene rings is 1. The SMILES string of the molecule is COCCCn1c(CO)cnc1SCc1ccc(C(C)(C)C)cc1. The molecule has 2 rings (SSSR count). The van der Waals surface area contributed by atoms with Crippen molar-refractivity contribution in [2.45, 2.75) is 56.7 Å². The van der Waals surface area contributed by atoms with Crippen molar-refractivity contribution in [2.75, 3.05) is 13.7 Å². The third kappa shape index (κ3) is 5.10. The van der Waals surface area contributed by atoms with E-state index in [1.165, 1.54) is 11.1 Å². The van der Waals surface area contributed by atoms with Crippen LogP contribution in [0.15, 0.2) is 35.6 Å². The molecule has 2 aromatic rings. The molecule has 0 saturated carbocycles. The Hall–Kier alpha value is -1.30. The Morgan fingerprint density at radius 1 is 1.21 bits per heavy atom. The molecule has 0 bridgehead atoms. The normalized spacial score (nSPS) is 11.9. The number of thioether (sulfide) groups is 1. The van der Waals surface area contributed by atoms with E-state index in [-0.39, 0.29) is 12.0 Å². The first-order valence-corrected chi connectivity index (χ1v) is 9.30. The summed E-state index contributed by atoms with van der Waals surface area (Å²) in [6, 6.07) is 8.80. The van der Waals surface area contributed by atoms with E-state index in [0.717, 1.165) is 29.6 Å². The third-order valence-electron chi connectivity index (χ3n) is 3.98. The first-order valence-electron chi connectivity index (χ1n) is 8.32. The molecule has 0 amide bonds. The topological polar surface area (TPSA) is 47.3 Å². The van der Waals surface area contributed by atoms with E-state index in [0.29, 0.717) is 6.61 Å². The lowest BCUT2D eigenvalue weighted by atomic mass is 9.87. The van der Waals surface area contributed by atoms with E-state index in [4.69, 9.17) is 4.74 Å². The summed E-state index contributed by atoms with van der Waals surface area (Å²) >= 11 is 1.71. The summed E-state index contributed by atoms with van der Waals surface area (Å²) in [5, 5.41) is 10.4. The third-order valence-corrected chi connectivity index (χ3v) is 5.04. The Balaban J connectivity index is 2.02. The van der Waals surface area contributed by atoms with Crippen LogP contribution in [0, 0.1) is 0 Å². The Morgan fingerprint density at radius 3 is 2.50 bits per heavy atom. The molecule has 0 atom stereocenters. The molecule has 0 radical (unpaired) electrons. The van der Waals surface area contributed by atoms with Crippen molar-refractivity contribution in [1.29, 1.82) is 0 Å². The first kappa shape index (κ1) is 19.0. The largest absolute Gasteiger partial charge is 0.390 e. The number of hydrogen-bond donors (Lipinski definition) is 1. The van der Waals surface area contributed by atoms with Crippen LogP contribution in [-0.2, 0) is 29.1 Å². The molecule has 1 N–H and O–H groups in total. The van der Waals surface area contributed by atoms with Crippen LogP contribution in [0.5, 0.6) is 0 Å². The highest BCUT2D eigenvalue weighted by Gasteiger charge is 2.13.